The molecule has 0 aromatic heterocycles. The Morgan fingerprint density at radius 1 is 1.56 bits per heavy atom. The van der Waals surface area contributed by atoms with Crippen LogP contribution in [-0.2, 0) is 3.74 Å². The fraction of sp³-hybridized carbons (Fsp3) is 1.00. The van der Waals surface area contributed by atoms with Crippen LogP contribution in [0.3, 0.4) is 0 Å². The van der Waals surface area contributed by atoms with Gasteiger partial charge in [0.2, 0.25) is 0 Å². The molecule has 0 saturated heterocycles. The minimum absolute atomic E-state index is 0.0110. The molecule has 0 aliphatic rings. The third-order valence-corrected chi connectivity index (χ3v) is 7.02. The molecule has 0 bridgehead atoms. The van der Waals surface area contributed by atoms with Crippen LogP contribution in [0, 0.1) is 0 Å². The Morgan fingerprint density at radius 2 is 2.00 bits per heavy atom. The number of hydrogen-bond donors (Lipinski definition) is 1. The van der Waals surface area contributed by atoms with Crippen molar-refractivity contribution in [3.8, 4) is 0 Å². The Labute approximate surface area is 59.3 Å². The van der Waals surface area contributed by atoms with E-state index in [-0.39, 0.29) is 4.71 Å². The topological polar surface area (TPSA) is 37.3 Å². The zero-order valence-electron chi connectivity index (χ0n) is 6.29. The maximum absolute atomic E-state index is 11.1. The van der Waals surface area contributed by atoms with Crippen molar-refractivity contribution in [2.24, 2.45) is 0 Å². The van der Waals surface area contributed by atoms with Gasteiger partial charge in [-0.25, -0.2) is 0 Å². The molecule has 1 atom stereocenters. The number of rotatable bonds is 3. The summed E-state index contributed by atoms with van der Waals surface area (Å²) in [4.78, 5) is 0. The second kappa shape index (κ2) is 3.48. The summed E-state index contributed by atoms with van der Waals surface area (Å²) in [5, 5.41) is 0.524. The van der Waals surface area contributed by atoms with E-state index in [1.54, 1.807) is 0 Å². The summed E-state index contributed by atoms with van der Waals surface area (Å²) < 4.78 is 20.3. The normalized spacial score (nSPS) is 17.9. The van der Waals surface area contributed by atoms with Crippen molar-refractivity contribution in [2.45, 2.75) is 37.1 Å². The van der Waals surface area contributed by atoms with Crippen LogP contribution in [0.25, 0.3) is 0 Å². The molecule has 0 fully saturated rings. The predicted octanol–water partition coefficient (Wildman–Crippen LogP) is 1.67. The third kappa shape index (κ3) is 3.12. The molecule has 0 spiro atoms. The van der Waals surface area contributed by atoms with E-state index < -0.39 is 13.8 Å². The molecule has 3 heteroatoms. The van der Waals surface area contributed by atoms with Gasteiger partial charge in [0.05, 0.1) is 0 Å². The zero-order valence-corrected chi connectivity index (χ0v) is 8.17. The Bertz CT molecular complexity index is 120. The van der Waals surface area contributed by atoms with Gasteiger partial charge in [-0.3, -0.25) is 0 Å². The van der Waals surface area contributed by atoms with E-state index in [4.69, 9.17) is 0 Å². The summed E-state index contributed by atoms with van der Waals surface area (Å²) >= 11 is -3.35. The van der Waals surface area contributed by atoms with E-state index in [9.17, 15) is 7.84 Å². The second-order valence-electron chi connectivity index (χ2n) is 2.57. The first-order valence-corrected chi connectivity index (χ1v) is 7.33. The molecule has 2 nitrogen and oxygen atoms in total. The molecule has 0 aliphatic heterocycles. The Morgan fingerprint density at radius 3 is 2.11 bits per heavy atom. The van der Waals surface area contributed by atoms with Gasteiger partial charge in [-0.15, -0.1) is 0 Å². The van der Waals surface area contributed by atoms with Crippen molar-refractivity contribution in [3.63, 3.8) is 0 Å². The molecule has 1 N–H and O–H groups in total. The first kappa shape index (κ1) is 9.32. The van der Waals surface area contributed by atoms with Crippen LogP contribution >= 0.6 is 0 Å². The van der Waals surface area contributed by atoms with Crippen molar-refractivity contribution in [3.05, 3.63) is 0 Å². The molecule has 0 aliphatic carbocycles. The number of hydrogen-bond acceptors (Lipinski definition) is 1. The van der Waals surface area contributed by atoms with Crippen LogP contribution in [0.4, 0.5) is 0 Å². The van der Waals surface area contributed by atoms with Gasteiger partial charge in [-0.1, -0.05) is 0 Å². The molecule has 56 valence electrons. The maximum atomic E-state index is 11.1. The SMILES string of the molecule is CCC[As](=O)(O)C(C)C. The summed E-state index contributed by atoms with van der Waals surface area (Å²) in [7, 11) is 0. The van der Waals surface area contributed by atoms with E-state index >= 15 is 0 Å². The van der Waals surface area contributed by atoms with Crippen LogP contribution in [0.5, 0.6) is 0 Å². The second-order valence-corrected chi connectivity index (χ2v) is 8.85. The molecule has 0 aromatic carbocycles. The molecule has 0 rings (SSSR count). The van der Waals surface area contributed by atoms with Gasteiger partial charge < -0.3 is 0 Å². The molecular weight excluding hydrogens is 179 g/mol. The van der Waals surface area contributed by atoms with Crippen molar-refractivity contribution >= 4 is 13.8 Å². The predicted molar refractivity (Wildman–Crippen MR) is 38.9 cm³/mol. The zero-order chi connectivity index (χ0) is 7.49. The third-order valence-electron chi connectivity index (χ3n) is 1.35. The van der Waals surface area contributed by atoms with Gasteiger partial charge >= 0.3 is 58.8 Å². The Kier molecular flexibility index (Phi) is 3.60. The first-order valence-electron chi connectivity index (χ1n) is 3.32. The van der Waals surface area contributed by atoms with E-state index in [2.05, 4.69) is 0 Å². The van der Waals surface area contributed by atoms with Gasteiger partial charge in [0.1, 0.15) is 0 Å². The summed E-state index contributed by atoms with van der Waals surface area (Å²) in [6, 6.07) is 0. The molecule has 9 heavy (non-hydrogen) atoms. The summed E-state index contributed by atoms with van der Waals surface area (Å²) in [6.45, 7) is 5.57. The molecule has 1 unspecified atom stereocenters. The fourth-order valence-corrected chi connectivity index (χ4v) is 3.01. The molecule has 0 aromatic rings. The fourth-order valence-electron chi connectivity index (χ4n) is 0.579. The van der Waals surface area contributed by atoms with Gasteiger partial charge in [0.15, 0.2) is 0 Å². The van der Waals surface area contributed by atoms with Crippen molar-refractivity contribution in [2.75, 3.05) is 0 Å². The van der Waals surface area contributed by atoms with Crippen LogP contribution in [0.2, 0.25) is 9.91 Å². The first-order chi connectivity index (χ1) is 4.00. The van der Waals surface area contributed by atoms with Crippen LogP contribution in [0.1, 0.15) is 27.2 Å². The van der Waals surface area contributed by atoms with Crippen molar-refractivity contribution in [1.29, 1.82) is 0 Å². The van der Waals surface area contributed by atoms with Gasteiger partial charge in [0, 0.05) is 0 Å². The standard InChI is InChI=1S/C6H15AsO2/c1-4-5-7(8,9)6(2)3/h6H,4-5H2,1-3H3,(H,8,9). The van der Waals surface area contributed by atoms with Crippen LogP contribution in [-0.4, -0.2) is 17.9 Å². The Hall–Kier alpha value is 0.318. The van der Waals surface area contributed by atoms with Crippen molar-refractivity contribution in [1.82, 2.24) is 0 Å². The average molecular weight is 194 g/mol. The monoisotopic (exact) mass is 194 g/mol. The van der Waals surface area contributed by atoms with E-state index in [0.717, 1.165) is 6.42 Å². The van der Waals surface area contributed by atoms with Gasteiger partial charge in [-0.2, -0.15) is 0 Å². The Balaban J connectivity index is 3.87. The summed E-state index contributed by atoms with van der Waals surface area (Å²) in [5.41, 5.74) is 0. The molecule has 0 saturated carbocycles. The average Bonchev–Trinajstić information content (AvgIpc) is 1.65. The molecule has 0 amide bonds. The van der Waals surface area contributed by atoms with Gasteiger partial charge in [0.25, 0.3) is 0 Å². The van der Waals surface area contributed by atoms with Crippen molar-refractivity contribution < 1.29 is 7.84 Å². The van der Waals surface area contributed by atoms with E-state index in [0.29, 0.717) is 5.21 Å². The molecule has 0 heterocycles. The van der Waals surface area contributed by atoms with Gasteiger partial charge in [-0.05, 0) is 0 Å². The quantitative estimate of drug-likeness (QED) is 0.694. The molecule has 0 radical (unpaired) electrons. The summed E-state index contributed by atoms with van der Waals surface area (Å²) in [6.07, 6.45) is 0.825. The van der Waals surface area contributed by atoms with E-state index in [1.807, 2.05) is 20.8 Å². The minimum atomic E-state index is -3.35. The van der Waals surface area contributed by atoms with E-state index in [1.165, 1.54) is 0 Å². The summed E-state index contributed by atoms with van der Waals surface area (Å²) in [5.74, 6) is 0. The van der Waals surface area contributed by atoms with Crippen LogP contribution < -0.4 is 0 Å². The molecular formula is C6H15AsO2. The van der Waals surface area contributed by atoms with Crippen LogP contribution in [0.15, 0.2) is 0 Å².